The highest BCUT2D eigenvalue weighted by molar-refractivity contribution is 9.10. The monoisotopic (exact) mass is 390 g/mol. The first-order chi connectivity index (χ1) is 11.0. The van der Waals surface area contributed by atoms with Crippen LogP contribution in [0.25, 0.3) is 5.69 Å². The number of benzene rings is 1. The summed E-state index contributed by atoms with van der Waals surface area (Å²) in [5.74, 6) is 0.146. The second-order valence-corrected chi connectivity index (χ2v) is 6.20. The number of anilines is 1. The Morgan fingerprint density at radius 2 is 2.04 bits per heavy atom. The van der Waals surface area contributed by atoms with E-state index in [4.69, 9.17) is 11.6 Å². The van der Waals surface area contributed by atoms with Crippen LogP contribution < -0.4 is 5.32 Å². The van der Waals surface area contributed by atoms with Gasteiger partial charge in [0.25, 0.3) is 5.91 Å². The van der Waals surface area contributed by atoms with Gasteiger partial charge in [-0.15, -0.1) is 0 Å². The fraction of sp³-hybridized carbons (Fsp3) is 0.0625. The zero-order chi connectivity index (χ0) is 16.4. The van der Waals surface area contributed by atoms with Crippen molar-refractivity contribution in [2.45, 2.75) is 6.92 Å². The molecule has 0 aliphatic carbocycles. The van der Waals surface area contributed by atoms with Gasteiger partial charge in [-0.2, -0.15) is 5.10 Å². The zero-order valence-corrected chi connectivity index (χ0v) is 14.5. The van der Waals surface area contributed by atoms with Gasteiger partial charge in [0, 0.05) is 22.4 Å². The van der Waals surface area contributed by atoms with E-state index in [9.17, 15) is 4.79 Å². The quantitative estimate of drug-likeness (QED) is 0.726. The summed E-state index contributed by atoms with van der Waals surface area (Å²) in [7, 11) is 0. The molecule has 0 saturated heterocycles. The van der Waals surface area contributed by atoms with Gasteiger partial charge in [-0.3, -0.25) is 4.79 Å². The summed E-state index contributed by atoms with van der Waals surface area (Å²) in [6, 6.07) is 10.8. The molecule has 5 nitrogen and oxygen atoms in total. The van der Waals surface area contributed by atoms with Gasteiger partial charge in [-0.05, 0) is 47.1 Å². The van der Waals surface area contributed by atoms with Crippen LogP contribution in [0.4, 0.5) is 5.82 Å². The SMILES string of the molecule is Cc1cn(-c2ccccc2Cl)nc1C(=O)Nc1ccc(Br)cn1. The number of aromatic nitrogens is 3. The first-order valence-electron chi connectivity index (χ1n) is 6.78. The minimum atomic E-state index is -0.317. The Labute approximate surface area is 146 Å². The van der Waals surface area contributed by atoms with Gasteiger partial charge >= 0.3 is 0 Å². The average molecular weight is 392 g/mol. The highest BCUT2D eigenvalue weighted by Crippen LogP contribution is 2.21. The molecule has 0 aliphatic rings. The Morgan fingerprint density at radius 1 is 1.26 bits per heavy atom. The van der Waals surface area contributed by atoms with Crippen molar-refractivity contribution in [3.05, 3.63) is 69.5 Å². The van der Waals surface area contributed by atoms with E-state index in [2.05, 4.69) is 31.3 Å². The van der Waals surface area contributed by atoms with Gasteiger partial charge in [0.05, 0.1) is 10.7 Å². The first kappa shape index (κ1) is 15.7. The van der Waals surface area contributed by atoms with Crippen molar-refractivity contribution in [1.82, 2.24) is 14.8 Å². The molecule has 0 spiro atoms. The molecule has 3 aromatic rings. The van der Waals surface area contributed by atoms with Crippen LogP contribution >= 0.6 is 27.5 Å². The largest absolute Gasteiger partial charge is 0.305 e. The van der Waals surface area contributed by atoms with Crippen LogP contribution in [-0.4, -0.2) is 20.7 Å². The van der Waals surface area contributed by atoms with E-state index in [1.165, 1.54) is 0 Å². The number of nitrogens with one attached hydrogen (secondary N) is 1. The van der Waals surface area contributed by atoms with E-state index in [1.807, 2.05) is 25.1 Å². The molecule has 3 rings (SSSR count). The maximum atomic E-state index is 12.4. The van der Waals surface area contributed by atoms with E-state index in [0.717, 1.165) is 15.7 Å². The number of nitrogens with zero attached hydrogens (tertiary/aromatic N) is 3. The molecule has 1 aromatic carbocycles. The predicted molar refractivity (Wildman–Crippen MR) is 93.2 cm³/mol. The summed E-state index contributed by atoms with van der Waals surface area (Å²) >= 11 is 9.47. The van der Waals surface area contributed by atoms with Crippen molar-refractivity contribution in [2.75, 3.05) is 5.32 Å². The maximum Gasteiger partial charge on any atom is 0.277 e. The lowest BCUT2D eigenvalue weighted by molar-refractivity contribution is 0.102. The molecular formula is C16H12BrClN4O. The molecule has 0 radical (unpaired) electrons. The molecule has 1 N–H and O–H groups in total. The summed E-state index contributed by atoms with van der Waals surface area (Å²) in [5, 5.41) is 7.63. The normalized spacial score (nSPS) is 10.6. The van der Waals surface area contributed by atoms with Crippen molar-refractivity contribution in [3.8, 4) is 5.69 Å². The third kappa shape index (κ3) is 3.43. The van der Waals surface area contributed by atoms with Gasteiger partial charge in [-0.25, -0.2) is 9.67 Å². The summed E-state index contributed by atoms with van der Waals surface area (Å²) < 4.78 is 2.44. The molecule has 0 aliphatic heterocycles. The minimum Gasteiger partial charge on any atom is -0.305 e. The number of aryl methyl sites for hydroxylation is 1. The Morgan fingerprint density at radius 3 is 2.74 bits per heavy atom. The number of rotatable bonds is 3. The lowest BCUT2D eigenvalue weighted by Crippen LogP contribution is -2.15. The zero-order valence-electron chi connectivity index (χ0n) is 12.1. The van der Waals surface area contributed by atoms with E-state index < -0.39 is 0 Å². The van der Waals surface area contributed by atoms with E-state index >= 15 is 0 Å². The fourth-order valence-electron chi connectivity index (χ4n) is 2.07. The van der Waals surface area contributed by atoms with Crippen molar-refractivity contribution in [1.29, 1.82) is 0 Å². The highest BCUT2D eigenvalue weighted by atomic mass is 79.9. The van der Waals surface area contributed by atoms with Gasteiger partial charge in [0.15, 0.2) is 5.69 Å². The van der Waals surface area contributed by atoms with E-state index in [1.54, 1.807) is 35.3 Å². The Balaban J connectivity index is 1.87. The van der Waals surface area contributed by atoms with Crippen LogP contribution in [0.1, 0.15) is 16.1 Å². The lowest BCUT2D eigenvalue weighted by atomic mass is 10.2. The molecule has 23 heavy (non-hydrogen) atoms. The predicted octanol–water partition coefficient (Wildman–Crippen LogP) is 4.24. The third-order valence-electron chi connectivity index (χ3n) is 3.18. The number of halogens is 2. The number of para-hydroxylation sites is 1. The summed E-state index contributed by atoms with van der Waals surface area (Å²) in [6.45, 7) is 1.82. The molecule has 7 heteroatoms. The highest BCUT2D eigenvalue weighted by Gasteiger charge is 2.16. The topological polar surface area (TPSA) is 59.8 Å². The molecule has 116 valence electrons. The molecule has 0 fully saturated rings. The Kier molecular flexibility index (Phi) is 4.45. The summed E-state index contributed by atoms with van der Waals surface area (Å²) in [5.41, 5.74) is 1.80. The van der Waals surface area contributed by atoms with Crippen molar-refractivity contribution in [2.24, 2.45) is 0 Å². The number of carbonyl (C=O) groups excluding carboxylic acids is 1. The Bertz CT molecular complexity index is 861. The van der Waals surface area contributed by atoms with Crippen LogP contribution in [0.2, 0.25) is 5.02 Å². The minimum absolute atomic E-state index is 0.317. The standard InChI is InChI=1S/C16H12BrClN4O/c1-10-9-22(13-5-3-2-4-12(13)18)21-15(10)16(23)20-14-7-6-11(17)8-19-14/h2-9H,1H3,(H,19,20,23). The average Bonchev–Trinajstić information content (AvgIpc) is 2.92. The van der Waals surface area contributed by atoms with Gasteiger partial charge < -0.3 is 5.32 Å². The number of hydrogen-bond acceptors (Lipinski definition) is 3. The Hall–Kier alpha value is -2.18. The number of pyridine rings is 1. The van der Waals surface area contributed by atoms with E-state index in [0.29, 0.717) is 16.5 Å². The summed E-state index contributed by atoms with van der Waals surface area (Å²) in [6.07, 6.45) is 3.38. The second kappa shape index (κ2) is 6.52. The number of amides is 1. The van der Waals surface area contributed by atoms with Crippen LogP contribution in [0, 0.1) is 6.92 Å². The molecule has 0 atom stereocenters. The van der Waals surface area contributed by atoms with Crippen molar-refractivity contribution in [3.63, 3.8) is 0 Å². The molecule has 1 amide bonds. The van der Waals surface area contributed by atoms with Gasteiger partial charge in [0.2, 0.25) is 0 Å². The lowest BCUT2D eigenvalue weighted by Gasteiger charge is -2.04. The number of hydrogen-bond donors (Lipinski definition) is 1. The molecule has 0 bridgehead atoms. The molecule has 2 aromatic heterocycles. The van der Waals surface area contributed by atoms with Gasteiger partial charge in [-0.1, -0.05) is 23.7 Å². The third-order valence-corrected chi connectivity index (χ3v) is 3.97. The molecule has 2 heterocycles. The van der Waals surface area contributed by atoms with Crippen molar-refractivity contribution < 1.29 is 4.79 Å². The van der Waals surface area contributed by atoms with Crippen molar-refractivity contribution >= 4 is 39.3 Å². The second-order valence-electron chi connectivity index (χ2n) is 4.87. The molecular weight excluding hydrogens is 380 g/mol. The van der Waals surface area contributed by atoms with Gasteiger partial charge in [0.1, 0.15) is 5.82 Å². The molecule has 0 unspecified atom stereocenters. The number of carbonyl (C=O) groups is 1. The van der Waals surface area contributed by atoms with Crippen LogP contribution in [-0.2, 0) is 0 Å². The fourth-order valence-corrected chi connectivity index (χ4v) is 2.53. The maximum absolute atomic E-state index is 12.4. The first-order valence-corrected chi connectivity index (χ1v) is 7.96. The van der Waals surface area contributed by atoms with Crippen LogP contribution in [0.15, 0.2) is 53.3 Å². The van der Waals surface area contributed by atoms with Crippen LogP contribution in [0.5, 0.6) is 0 Å². The van der Waals surface area contributed by atoms with E-state index in [-0.39, 0.29) is 5.91 Å². The summed E-state index contributed by atoms with van der Waals surface area (Å²) in [4.78, 5) is 16.5. The smallest absolute Gasteiger partial charge is 0.277 e. The van der Waals surface area contributed by atoms with Crippen LogP contribution in [0.3, 0.4) is 0 Å². The molecule has 0 saturated carbocycles.